The predicted octanol–water partition coefficient (Wildman–Crippen LogP) is -0.674. The summed E-state index contributed by atoms with van der Waals surface area (Å²) < 4.78 is 22.0. The molecule has 2 aliphatic rings. The maximum atomic E-state index is 11.0. The van der Waals surface area contributed by atoms with Gasteiger partial charge in [-0.1, -0.05) is 0 Å². The van der Waals surface area contributed by atoms with Crippen LogP contribution in [-0.2, 0) is 9.84 Å². The standard InChI is InChI=1S/C9H18N2O2S/c12-14(13)7-9(8-14)6-11-4-1-2-10-3-5-11/h9-10H,1-8H2. The average Bonchev–Trinajstić information content (AvgIpc) is 2.29. The van der Waals surface area contributed by atoms with Crippen molar-refractivity contribution in [2.45, 2.75) is 6.42 Å². The number of hydrogen-bond donors (Lipinski definition) is 1. The highest BCUT2D eigenvalue weighted by molar-refractivity contribution is 7.92. The molecule has 2 fully saturated rings. The summed E-state index contributed by atoms with van der Waals surface area (Å²) >= 11 is 0. The van der Waals surface area contributed by atoms with E-state index < -0.39 is 9.84 Å². The Morgan fingerprint density at radius 3 is 2.71 bits per heavy atom. The molecule has 0 aromatic heterocycles. The summed E-state index contributed by atoms with van der Waals surface area (Å²) in [5.74, 6) is 1.23. The lowest BCUT2D eigenvalue weighted by Crippen LogP contribution is -2.44. The Morgan fingerprint density at radius 2 is 2.00 bits per heavy atom. The fourth-order valence-corrected chi connectivity index (χ4v) is 3.77. The molecule has 4 nitrogen and oxygen atoms in total. The molecule has 2 saturated heterocycles. The number of rotatable bonds is 2. The molecule has 0 spiro atoms. The quantitative estimate of drug-likeness (QED) is 0.667. The van der Waals surface area contributed by atoms with E-state index in [1.54, 1.807) is 0 Å². The zero-order chi connectivity index (χ0) is 10.0. The summed E-state index contributed by atoms with van der Waals surface area (Å²) in [6.07, 6.45) is 1.18. The maximum Gasteiger partial charge on any atom is 0.151 e. The first-order chi connectivity index (χ1) is 6.66. The van der Waals surface area contributed by atoms with E-state index in [-0.39, 0.29) is 0 Å². The summed E-state index contributed by atoms with van der Waals surface area (Å²) in [4.78, 5) is 2.39. The van der Waals surface area contributed by atoms with Crippen LogP contribution in [0, 0.1) is 5.92 Å². The number of nitrogens with one attached hydrogen (secondary N) is 1. The van der Waals surface area contributed by atoms with Crippen molar-refractivity contribution in [2.75, 3.05) is 44.2 Å². The summed E-state index contributed by atoms with van der Waals surface area (Å²) in [6, 6.07) is 0. The third-order valence-electron chi connectivity index (χ3n) is 2.93. The first kappa shape index (κ1) is 10.4. The van der Waals surface area contributed by atoms with Gasteiger partial charge in [-0.25, -0.2) is 8.42 Å². The van der Waals surface area contributed by atoms with Crippen LogP contribution in [0.4, 0.5) is 0 Å². The van der Waals surface area contributed by atoms with Gasteiger partial charge in [0, 0.05) is 19.6 Å². The molecule has 5 heteroatoms. The van der Waals surface area contributed by atoms with Gasteiger partial charge >= 0.3 is 0 Å². The van der Waals surface area contributed by atoms with Crippen LogP contribution in [0.2, 0.25) is 0 Å². The molecular weight excluding hydrogens is 200 g/mol. The minimum Gasteiger partial charge on any atom is -0.315 e. The highest BCUT2D eigenvalue weighted by Crippen LogP contribution is 2.19. The van der Waals surface area contributed by atoms with Crippen LogP contribution in [0.3, 0.4) is 0 Å². The van der Waals surface area contributed by atoms with E-state index in [0.29, 0.717) is 17.4 Å². The lowest BCUT2D eigenvalue weighted by Gasteiger charge is -2.31. The fraction of sp³-hybridized carbons (Fsp3) is 1.00. The van der Waals surface area contributed by atoms with E-state index in [0.717, 1.165) is 32.7 Å². The molecule has 0 aromatic rings. The van der Waals surface area contributed by atoms with Crippen molar-refractivity contribution in [1.29, 1.82) is 0 Å². The Labute approximate surface area is 85.6 Å². The van der Waals surface area contributed by atoms with Gasteiger partial charge in [0.2, 0.25) is 0 Å². The Bertz CT molecular complexity index is 269. The highest BCUT2D eigenvalue weighted by atomic mass is 32.2. The maximum absolute atomic E-state index is 11.0. The van der Waals surface area contributed by atoms with Crippen molar-refractivity contribution in [1.82, 2.24) is 10.2 Å². The third-order valence-corrected chi connectivity index (χ3v) is 4.89. The van der Waals surface area contributed by atoms with Gasteiger partial charge in [-0.2, -0.15) is 0 Å². The average molecular weight is 218 g/mol. The zero-order valence-corrected chi connectivity index (χ0v) is 9.22. The second kappa shape index (κ2) is 4.16. The van der Waals surface area contributed by atoms with Crippen molar-refractivity contribution < 1.29 is 8.42 Å². The van der Waals surface area contributed by atoms with Gasteiger partial charge in [-0.3, -0.25) is 0 Å². The van der Waals surface area contributed by atoms with Gasteiger partial charge in [0.05, 0.1) is 11.5 Å². The van der Waals surface area contributed by atoms with Crippen LogP contribution in [0.25, 0.3) is 0 Å². The van der Waals surface area contributed by atoms with E-state index in [1.165, 1.54) is 6.42 Å². The Kier molecular flexibility index (Phi) is 3.09. The van der Waals surface area contributed by atoms with E-state index >= 15 is 0 Å². The van der Waals surface area contributed by atoms with Gasteiger partial charge in [-0.15, -0.1) is 0 Å². The Morgan fingerprint density at radius 1 is 1.21 bits per heavy atom. The van der Waals surface area contributed by atoms with Crippen LogP contribution in [-0.4, -0.2) is 57.5 Å². The molecule has 0 unspecified atom stereocenters. The van der Waals surface area contributed by atoms with Gasteiger partial charge in [0.15, 0.2) is 9.84 Å². The SMILES string of the molecule is O=S1(=O)CC(CN2CCCNCC2)C1. The number of nitrogens with zero attached hydrogens (tertiary/aromatic N) is 1. The molecule has 0 bridgehead atoms. The van der Waals surface area contributed by atoms with Crippen molar-refractivity contribution in [3.05, 3.63) is 0 Å². The van der Waals surface area contributed by atoms with E-state index in [1.807, 2.05) is 0 Å². The summed E-state index contributed by atoms with van der Waals surface area (Å²) in [5, 5.41) is 3.34. The minimum absolute atomic E-state index is 0.401. The molecule has 0 radical (unpaired) electrons. The van der Waals surface area contributed by atoms with Gasteiger partial charge in [0.1, 0.15) is 0 Å². The van der Waals surface area contributed by atoms with E-state index in [9.17, 15) is 8.42 Å². The molecule has 82 valence electrons. The fourth-order valence-electron chi connectivity index (χ4n) is 2.22. The van der Waals surface area contributed by atoms with Crippen LogP contribution < -0.4 is 5.32 Å². The van der Waals surface area contributed by atoms with Crippen LogP contribution in [0.5, 0.6) is 0 Å². The van der Waals surface area contributed by atoms with Crippen LogP contribution >= 0.6 is 0 Å². The largest absolute Gasteiger partial charge is 0.315 e. The summed E-state index contributed by atoms with van der Waals surface area (Å²) in [7, 11) is -2.63. The van der Waals surface area contributed by atoms with Crippen molar-refractivity contribution in [3.63, 3.8) is 0 Å². The minimum atomic E-state index is -2.63. The second-order valence-electron chi connectivity index (χ2n) is 4.35. The molecule has 0 aromatic carbocycles. The normalized spacial score (nSPS) is 29.4. The molecule has 0 saturated carbocycles. The van der Waals surface area contributed by atoms with Crippen molar-refractivity contribution in [3.8, 4) is 0 Å². The molecule has 2 rings (SSSR count). The highest BCUT2D eigenvalue weighted by Gasteiger charge is 2.34. The van der Waals surface area contributed by atoms with Crippen LogP contribution in [0.15, 0.2) is 0 Å². The van der Waals surface area contributed by atoms with Gasteiger partial charge in [-0.05, 0) is 25.4 Å². The Balaban J connectivity index is 1.75. The van der Waals surface area contributed by atoms with E-state index in [2.05, 4.69) is 10.2 Å². The molecule has 0 atom stereocenters. The Hall–Kier alpha value is -0.130. The number of hydrogen-bond acceptors (Lipinski definition) is 4. The van der Waals surface area contributed by atoms with Gasteiger partial charge in [0.25, 0.3) is 0 Å². The van der Waals surface area contributed by atoms with Crippen molar-refractivity contribution in [2.24, 2.45) is 5.92 Å². The van der Waals surface area contributed by atoms with E-state index in [4.69, 9.17) is 0 Å². The molecule has 14 heavy (non-hydrogen) atoms. The topological polar surface area (TPSA) is 49.4 Å². The molecule has 2 aliphatic heterocycles. The lowest BCUT2D eigenvalue weighted by atomic mass is 10.2. The van der Waals surface area contributed by atoms with Crippen LogP contribution in [0.1, 0.15) is 6.42 Å². The smallest absolute Gasteiger partial charge is 0.151 e. The first-order valence-corrected chi connectivity index (χ1v) is 7.11. The molecular formula is C9H18N2O2S. The predicted molar refractivity (Wildman–Crippen MR) is 56.1 cm³/mol. The zero-order valence-electron chi connectivity index (χ0n) is 8.41. The molecule has 0 amide bonds. The monoisotopic (exact) mass is 218 g/mol. The number of sulfone groups is 1. The third kappa shape index (κ3) is 2.68. The van der Waals surface area contributed by atoms with Crippen molar-refractivity contribution >= 4 is 9.84 Å². The van der Waals surface area contributed by atoms with Gasteiger partial charge < -0.3 is 10.2 Å². The first-order valence-electron chi connectivity index (χ1n) is 5.29. The second-order valence-corrected chi connectivity index (χ2v) is 6.50. The lowest BCUT2D eigenvalue weighted by molar-refractivity contribution is 0.255. The summed E-state index contributed by atoms with van der Waals surface area (Å²) in [5.41, 5.74) is 0. The molecule has 1 N–H and O–H groups in total. The molecule has 0 aliphatic carbocycles. The molecule has 2 heterocycles. The summed E-state index contributed by atoms with van der Waals surface area (Å²) in [6.45, 7) is 5.29.